The van der Waals surface area contributed by atoms with Crippen molar-refractivity contribution in [3.05, 3.63) is 0 Å². The molecule has 0 aromatic carbocycles. The predicted molar refractivity (Wildman–Crippen MR) is 60.7 cm³/mol. The van der Waals surface area contributed by atoms with E-state index < -0.39 is 0 Å². The Morgan fingerprint density at radius 2 is 2.13 bits per heavy atom. The minimum Gasteiger partial charge on any atom is -0.340 e. The van der Waals surface area contributed by atoms with Crippen LogP contribution in [0.2, 0.25) is 0 Å². The zero-order valence-corrected chi connectivity index (χ0v) is 9.67. The van der Waals surface area contributed by atoms with Crippen LogP contribution in [0.5, 0.6) is 0 Å². The Morgan fingerprint density at radius 1 is 1.33 bits per heavy atom. The third-order valence-electron chi connectivity index (χ3n) is 3.47. The maximum absolute atomic E-state index is 11.9. The van der Waals surface area contributed by atoms with Crippen molar-refractivity contribution in [3.63, 3.8) is 0 Å². The van der Waals surface area contributed by atoms with Crippen LogP contribution in [0.4, 0.5) is 0 Å². The molecule has 1 saturated carbocycles. The van der Waals surface area contributed by atoms with Gasteiger partial charge in [-0.05, 0) is 39.0 Å². The lowest BCUT2D eigenvalue weighted by Crippen LogP contribution is -2.43. The maximum Gasteiger partial charge on any atom is 0.224 e. The number of hydrogen-bond acceptors (Lipinski definition) is 2. The predicted octanol–water partition coefficient (Wildman–Crippen LogP) is 1.53. The number of likely N-dealkylation sites (tertiary alicyclic amines) is 1. The summed E-state index contributed by atoms with van der Waals surface area (Å²) in [5.41, 5.74) is 0. The Bertz CT molecular complexity index is 226. The van der Waals surface area contributed by atoms with Gasteiger partial charge in [-0.15, -0.1) is 0 Å². The minimum atomic E-state index is 0.343. The SMILES string of the molecule is CC1CCCCN1C(=O)CCNC1CC1. The summed E-state index contributed by atoms with van der Waals surface area (Å²) >= 11 is 0. The molecule has 1 aliphatic carbocycles. The van der Waals surface area contributed by atoms with E-state index in [4.69, 9.17) is 0 Å². The highest BCUT2D eigenvalue weighted by Gasteiger charge is 2.24. The molecule has 86 valence electrons. The monoisotopic (exact) mass is 210 g/mol. The van der Waals surface area contributed by atoms with Crippen molar-refractivity contribution in [1.82, 2.24) is 10.2 Å². The Kier molecular flexibility index (Phi) is 3.62. The summed E-state index contributed by atoms with van der Waals surface area (Å²) in [4.78, 5) is 14.0. The molecule has 1 aliphatic heterocycles. The zero-order chi connectivity index (χ0) is 10.7. The Hall–Kier alpha value is -0.570. The van der Waals surface area contributed by atoms with Crippen LogP contribution in [0.15, 0.2) is 0 Å². The van der Waals surface area contributed by atoms with E-state index in [1.54, 1.807) is 0 Å². The first kappa shape index (κ1) is 10.9. The van der Waals surface area contributed by atoms with E-state index in [2.05, 4.69) is 17.1 Å². The van der Waals surface area contributed by atoms with Crippen molar-refractivity contribution in [2.75, 3.05) is 13.1 Å². The van der Waals surface area contributed by atoms with Crippen molar-refractivity contribution in [3.8, 4) is 0 Å². The Morgan fingerprint density at radius 3 is 2.80 bits per heavy atom. The molecule has 2 aliphatic rings. The lowest BCUT2D eigenvalue weighted by molar-refractivity contribution is -0.134. The number of rotatable bonds is 4. The molecule has 1 saturated heterocycles. The van der Waals surface area contributed by atoms with Crippen LogP contribution in [-0.4, -0.2) is 36.0 Å². The van der Waals surface area contributed by atoms with E-state index in [1.165, 1.54) is 32.1 Å². The van der Waals surface area contributed by atoms with Crippen molar-refractivity contribution in [2.45, 2.75) is 57.5 Å². The number of nitrogens with zero attached hydrogens (tertiary/aromatic N) is 1. The molecular weight excluding hydrogens is 188 g/mol. The van der Waals surface area contributed by atoms with Gasteiger partial charge in [0.05, 0.1) is 0 Å². The van der Waals surface area contributed by atoms with E-state index in [0.29, 0.717) is 18.4 Å². The molecule has 2 fully saturated rings. The number of nitrogens with one attached hydrogen (secondary N) is 1. The molecule has 0 aromatic heterocycles. The summed E-state index contributed by atoms with van der Waals surface area (Å²) in [6, 6.07) is 1.18. The van der Waals surface area contributed by atoms with Gasteiger partial charge in [-0.25, -0.2) is 0 Å². The minimum absolute atomic E-state index is 0.343. The van der Waals surface area contributed by atoms with Crippen molar-refractivity contribution >= 4 is 5.91 Å². The standard InChI is InChI=1S/C12H22N2O/c1-10-4-2-3-9-14(10)12(15)7-8-13-11-5-6-11/h10-11,13H,2-9H2,1H3. The van der Waals surface area contributed by atoms with Crippen molar-refractivity contribution in [2.24, 2.45) is 0 Å². The molecule has 0 radical (unpaired) electrons. The molecule has 0 bridgehead atoms. The van der Waals surface area contributed by atoms with Gasteiger partial charge < -0.3 is 10.2 Å². The summed E-state index contributed by atoms with van der Waals surface area (Å²) in [6.45, 7) is 4.02. The maximum atomic E-state index is 11.9. The average Bonchev–Trinajstić information content (AvgIpc) is 3.02. The summed E-state index contributed by atoms with van der Waals surface area (Å²) in [6.07, 6.45) is 6.93. The van der Waals surface area contributed by atoms with Crippen LogP contribution < -0.4 is 5.32 Å². The highest BCUT2D eigenvalue weighted by atomic mass is 16.2. The van der Waals surface area contributed by atoms with E-state index >= 15 is 0 Å². The van der Waals surface area contributed by atoms with Gasteiger partial charge in [0, 0.05) is 31.6 Å². The van der Waals surface area contributed by atoms with Crippen LogP contribution in [-0.2, 0) is 4.79 Å². The van der Waals surface area contributed by atoms with Crippen LogP contribution in [0.25, 0.3) is 0 Å². The Balaban J connectivity index is 1.68. The molecule has 15 heavy (non-hydrogen) atoms. The molecule has 1 unspecified atom stereocenters. The van der Waals surface area contributed by atoms with Crippen molar-refractivity contribution < 1.29 is 4.79 Å². The van der Waals surface area contributed by atoms with Gasteiger partial charge in [0.2, 0.25) is 5.91 Å². The zero-order valence-electron chi connectivity index (χ0n) is 9.67. The number of carbonyl (C=O) groups excluding carboxylic acids is 1. The van der Waals surface area contributed by atoms with E-state index in [9.17, 15) is 4.79 Å². The Labute approximate surface area is 92.2 Å². The molecule has 3 heteroatoms. The van der Waals surface area contributed by atoms with Crippen LogP contribution in [0.3, 0.4) is 0 Å². The summed E-state index contributed by atoms with van der Waals surface area (Å²) in [7, 11) is 0. The molecule has 3 nitrogen and oxygen atoms in total. The number of piperidine rings is 1. The molecule has 0 spiro atoms. The quantitative estimate of drug-likeness (QED) is 0.763. The normalized spacial score (nSPS) is 26.7. The molecule has 1 amide bonds. The molecule has 1 atom stereocenters. The first-order chi connectivity index (χ1) is 7.27. The number of hydrogen-bond donors (Lipinski definition) is 1. The summed E-state index contributed by atoms with van der Waals surface area (Å²) in [5.74, 6) is 0.343. The molecule has 0 aromatic rings. The largest absolute Gasteiger partial charge is 0.340 e. The van der Waals surface area contributed by atoms with E-state index in [-0.39, 0.29) is 0 Å². The highest BCUT2D eigenvalue weighted by Crippen LogP contribution is 2.19. The van der Waals surface area contributed by atoms with Gasteiger partial charge in [0.1, 0.15) is 0 Å². The first-order valence-corrected chi connectivity index (χ1v) is 6.30. The van der Waals surface area contributed by atoms with Crippen LogP contribution >= 0.6 is 0 Å². The molecular formula is C12H22N2O. The van der Waals surface area contributed by atoms with E-state index in [1.807, 2.05) is 0 Å². The molecule has 1 heterocycles. The third kappa shape index (κ3) is 3.20. The lowest BCUT2D eigenvalue weighted by atomic mass is 10.0. The number of carbonyl (C=O) groups is 1. The van der Waals surface area contributed by atoms with Gasteiger partial charge in [-0.2, -0.15) is 0 Å². The summed E-state index contributed by atoms with van der Waals surface area (Å²) < 4.78 is 0. The third-order valence-corrected chi connectivity index (χ3v) is 3.47. The fourth-order valence-electron chi connectivity index (χ4n) is 2.28. The van der Waals surface area contributed by atoms with Gasteiger partial charge >= 0.3 is 0 Å². The fourth-order valence-corrected chi connectivity index (χ4v) is 2.28. The van der Waals surface area contributed by atoms with Crippen molar-refractivity contribution in [1.29, 1.82) is 0 Å². The van der Waals surface area contributed by atoms with E-state index in [0.717, 1.165) is 19.1 Å². The van der Waals surface area contributed by atoms with Gasteiger partial charge in [-0.3, -0.25) is 4.79 Å². The summed E-state index contributed by atoms with van der Waals surface area (Å²) in [5, 5.41) is 3.39. The highest BCUT2D eigenvalue weighted by molar-refractivity contribution is 5.76. The first-order valence-electron chi connectivity index (χ1n) is 6.30. The molecule has 1 N–H and O–H groups in total. The second-order valence-electron chi connectivity index (χ2n) is 4.91. The van der Waals surface area contributed by atoms with Gasteiger partial charge in [0.25, 0.3) is 0 Å². The lowest BCUT2D eigenvalue weighted by Gasteiger charge is -2.33. The fraction of sp³-hybridized carbons (Fsp3) is 0.917. The van der Waals surface area contributed by atoms with Gasteiger partial charge in [0.15, 0.2) is 0 Å². The average molecular weight is 210 g/mol. The van der Waals surface area contributed by atoms with Crippen LogP contribution in [0.1, 0.15) is 45.4 Å². The number of amides is 1. The van der Waals surface area contributed by atoms with Gasteiger partial charge in [-0.1, -0.05) is 0 Å². The molecule has 2 rings (SSSR count). The second kappa shape index (κ2) is 4.97. The van der Waals surface area contributed by atoms with Crippen LogP contribution in [0, 0.1) is 0 Å². The smallest absolute Gasteiger partial charge is 0.224 e. The topological polar surface area (TPSA) is 32.3 Å². The second-order valence-corrected chi connectivity index (χ2v) is 4.91.